The van der Waals surface area contributed by atoms with Crippen LogP contribution in [0.25, 0.3) is 11.1 Å². The Morgan fingerprint density at radius 2 is 1.06 bits per heavy atom. The molecule has 0 bridgehead atoms. The zero-order valence-corrected chi connectivity index (χ0v) is 20.5. The standard InChI is InChI=1S/C31H42F2/c1-2-3-23-4-6-24(7-5-23)8-9-25-10-12-26(13-11-25)14-15-27-16-18-28(19-17-27)29-20-21-30(32)31(33)22-29/h16-26H,2-15H2,1H3. The fraction of sp³-hybridized carbons (Fsp3) is 0.613. The number of rotatable bonds is 9. The van der Waals surface area contributed by atoms with Gasteiger partial charge in [0.05, 0.1) is 0 Å². The molecular weight excluding hydrogens is 410 g/mol. The van der Waals surface area contributed by atoms with E-state index in [4.69, 9.17) is 0 Å². The summed E-state index contributed by atoms with van der Waals surface area (Å²) in [7, 11) is 0. The van der Waals surface area contributed by atoms with E-state index in [1.54, 1.807) is 6.07 Å². The quantitative estimate of drug-likeness (QED) is 0.355. The van der Waals surface area contributed by atoms with Crippen molar-refractivity contribution in [2.24, 2.45) is 23.7 Å². The predicted molar refractivity (Wildman–Crippen MR) is 135 cm³/mol. The van der Waals surface area contributed by atoms with Crippen LogP contribution in [-0.2, 0) is 6.42 Å². The SMILES string of the molecule is CCCC1CCC(CCC2CCC(CCc3ccc(-c4ccc(F)c(F)c4)cc3)CC2)CC1. The largest absolute Gasteiger partial charge is 0.204 e. The Balaban J connectivity index is 1.14. The normalized spacial score (nSPS) is 25.8. The maximum absolute atomic E-state index is 13.5. The monoisotopic (exact) mass is 452 g/mol. The number of benzene rings is 2. The first kappa shape index (κ1) is 24.4. The van der Waals surface area contributed by atoms with Crippen molar-refractivity contribution in [3.63, 3.8) is 0 Å². The maximum Gasteiger partial charge on any atom is 0.159 e. The summed E-state index contributed by atoms with van der Waals surface area (Å²) < 4.78 is 26.7. The second-order valence-corrected chi connectivity index (χ2v) is 11.0. The Bertz CT molecular complexity index is 840. The second kappa shape index (κ2) is 12.1. The van der Waals surface area contributed by atoms with E-state index in [1.807, 2.05) is 12.1 Å². The average Bonchev–Trinajstić information content (AvgIpc) is 2.85. The van der Waals surface area contributed by atoms with Crippen LogP contribution >= 0.6 is 0 Å². The number of hydrogen-bond donors (Lipinski definition) is 0. The van der Waals surface area contributed by atoms with Crippen LogP contribution < -0.4 is 0 Å². The summed E-state index contributed by atoms with van der Waals surface area (Å²) in [6.07, 6.45) is 19.8. The van der Waals surface area contributed by atoms with Gasteiger partial charge < -0.3 is 0 Å². The third kappa shape index (κ3) is 7.14. The topological polar surface area (TPSA) is 0 Å². The summed E-state index contributed by atoms with van der Waals surface area (Å²) >= 11 is 0. The van der Waals surface area contributed by atoms with E-state index in [0.29, 0.717) is 0 Å². The molecule has 2 aromatic rings. The van der Waals surface area contributed by atoms with Crippen LogP contribution in [-0.4, -0.2) is 0 Å². The van der Waals surface area contributed by atoms with Crippen LogP contribution in [0.3, 0.4) is 0 Å². The highest BCUT2D eigenvalue weighted by Crippen LogP contribution is 2.38. The molecule has 0 spiro atoms. The molecule has 0 saturated heterocycles. The Hall–Kier alpha value is -1.70. The molecule has 0 atom stereocenters. The van der Waals surface area contributed by atoms with Crippen LogP contribution in [0.1, 0.15) is 96.0 Å². The van der Waals surface area contributed by atoms with Gasteiger partial charge in [-0.2, -0.15) is 0 Å². The number of hydrogen-bond acceptors (Lipinski definition) is 0. The Morgan fingerprint density at radius 1 is 0.576 bits per heavy atom. The zero-order valence-electron chi connectivity index (χ0n) is 20.5. The molecule has 0 unspecified atom stereocenters. The molecule has 33 heavy (non-hydrogen) atoms. The summed E-state index contributed by atoms with van der Waals surface area (Å²) in [5.41, 5.74) is 3.02. The molecule has 4 rings (SSSR count). The first-order chi connectivity index (χ1) is 16.1. The number of aryl methyl sites for hydroxylation is 1. The lowest BCUT2D eigenvalue weighted by Crippen LogP contribution is -2.18. The van der Waals surface area contributed by atoms with E-state index in [0.717, 1.165) is 41.2 Å². The summed E-state index contributed by atoms with van der Waals surface area (Å²) in [5.74, 6) is 2.32. The molecule has 2 fully saturated rings. The molecule has 2 aliphatic rings. The fourth-order valence-electron chi connectivity index (χ4n) is 6.41. The third-order valence-electron chi connectivity index (χ3n) is 8.66. The van der Waals surface area contributed by atoms with Gasteiger partial charge in [0.25, 0.3) is 0 Å². The van der Waals surface area contributed by atoms with Gasteiger partial charge in [-0.3, -0.25) is 0 Å². The van der Waals surface area contributed by atoms with E-state index < -0.39 is 11.6 Å². The molecule has 0 aliphatic heterocycles. The minimum absolute atomic E-state index is 0.729. The maximum atomic E-state index is 13.5. The van der Waals surface area contributed by atoms with E-state index >= 15 is 0 Å². The van der Waals surface area contributed by atoms with E-state index in [2.05, 4.69) is 19.1 Å². The Labute approximate surface area is 200 Å². The Kier molecular flexibility index (Phi) is 8.98. The van der Waals surface area contributed by atoms with Crippen molar-refractivity contribution >= 4 is 0 Å². The lowest BCUT2D eigenvalue weighted by molar-refractivity contribution is 0.209. The van der Waals surface area contributed by atoms with Gasteiger partial charge in [-0.25, -0.2) is 8.78 Å². The van der Waals surface area contributed by atoms with Gasteiger partial charge in [-0.05, 0) is 65.3 Å². The molecule has 0 heterocycles. The molecule has 180 valence electrons. The highest BCUT2D eigenvalue weighted by Gasteiger charge is 2.24. The van der Waals surface area contributed by atoms with Gasteiger partial charge in [0.15, 0.2) is 11.6 Å². The molecule has 0 radical (unpaired) electrons. The highest BCUT2D eigenvalue weighted by molar-refractivity contribution is 5.63. The minimum Gasteiger partial charge on any atom is -0.204 e. The smallest absolute Gasteiger partial charge is 0.159 e. The fourth-order valence-corrected chi connectivity index (χ4v) is 6.41. The minimum atomic E-state index is -0.792. The molecular formula is C31H42F2. The first-order valence-corrected chi connectivity index (χ1v) is 13.6. The van der Waals surface area contributed by atoms with E-state index in [9.17, 15) is 8.78 Å². The molecule has 2 heteroatoms. The molecule has 0 N–H and O–H groups in total. The van der Waals surface area contributed by atoms with Crippen LogP contribution in [0.4, 0.5) is 8.78 Å². The molecule has 2 aliphatic carbocycles. The number of halogens is 2. The van der Waals surface area contributed by atoms with Crippen molar-refractivity contribution in [1.29, 1.82) is 0 Å². The van der Waals surface area contributed by atoms with Crippen LogP contribution in [0.2, 0.25) is 0 Å². The van der Waals surface area contributed by atoms with Crippen molar-refractivity contribution in [3.8, 4) is 11.1 Å². The van der Waals surface area contributed by atoms with E-state index in [-0.39, 0.29) is 0 Å². The summed E-state index contributed by atoms with van der Waals surface area (Å²) in [6, 6.07) is 12.5. The predicted octanol–water partition coefficient (Wildman–Crippen LogP) is 9.76. The van der Waals surface area contributed by atoms with E-state index in [1.165, 1.54) is 101 Å². The molecule has 0 amide bonds. The van der Waals surface area contributed by atoms with Crippen molar-refractivity contribution in [2.75, 3.05) is 0 Å². The van der Waals surface area contributed by atoms with Gasteiger partial charge in [0.2, 0.25) is 0 Å². The summed E-state index contributed by atoms with van der Waals surface area (Å²) in [5, 5.41) is 0. The van der Waals surface area contributed by atoms with Crippen LogP contribution in [0, 0.1) is 35.3 Å². The third-order valence-corrected chi connectivity index (χ3v) is 8.66. The molecule has 2 saturated carbocycles. The summed E-state index contributed by atoms with van der Waals surface area (Å²) in [6.45, 7) is 2.33. The lowest BCUT2D eigenvalue weighted by Gasteiger charge is -2.32. The van der Waals surface area contributed by atoms with Gasteiger partial charge in [-0.15, -0.1) is 0 Å². The van der Waals surface area contributed by atoms with Crippen LogP contribution in [0.15, 0.2) is 42.5 Å². The van der Waals surface area contributed by atoms with Gasteiger partial charge in [-0.1, -0.05) is 114 Å². The van der Waals surface area contributed by atoms with Gasteiger partial charge in [0, 0.05) is 0 Å². The average molecular weight is 453 g/mol. The first-order valence-electron chi connectivity index (χ1n) is 13.6. The molecule has 2 aromatic carbocycles. The summed E-state index contributed by atoms with van der Waals surface area (Å²) in [4.78, 5) is 0. The van der Waals surface area contributed by atoms with Gasteiger partial charge in [0.1, 0.15) is 0 Å². The van der Waals surface area contributed by atoms with Crippen molar-refractivity contribution in [3.05, 3.63) is 59.7 Å². The molecule has 0 nitrogen and oxygen atoms in total. The van der Waals surface area contributed by atoms with Crippen molar-refractivity contribution in [2.45, 2.75) is 96.8 Å². The Morgan fingerprint density at radius 3 is 1.58 bits per heavy atom. The van der Waals surface area contributed by atoms with Gasteiger partial charge >= 0.3 is 0 Å². The lowest BCUT2D eigenvalue weighted by atomic mass is 9.74. The second-order valence-electron chi connectivity index (χ2n) is 11.0. The van der Waals surface area contributed by atoms with Crippen molar-refractivity contribution < 1.29 is 8.78 Å². The zero-order chi connectivity index (χ0) is 23.0. The van der Waals surface area contributed by atoms with Crippen molar-refractivity contribution in [1.82, 2.24) is 0 Å². The molecule has 0 aromatic heterocycles. The highest BCUT2D eigenvalue weighted by atomic mass is 19.2. The van der Waals surface area contributed by atoms with Crippen LogP contribution in [0.5, 0.6) is 0 Å².